The summed E-state index contributed by atoms with van der Waals surface area (Å²) in [7, 11) is -3.18. The zero-order valence-electron chi connectivity index (χ0n) is 28.9. The average Bonchev–Trinajstić information content (AvgIpc) is 3.62. The number of carboxylic acid groups (broad SMARTS) is 1. The van der Waals surface area contributed by atoms with Gasteiger partial charge in [0.2, 0.25) is 5.91 Å². The van der Waals surface area contributed by atoms with Gasteiger partial charge in [0.1, 0.15) is 24.8 Å². The zero-order chi connectivity index (χ0) is 36.3. The number of morpholine rings is 1. The monoisotopic (exact) mass is 725 g/mol. The van der Waals surface area contributed by atoms with E-state index in [-0.39, 0.29) is 26.2 Å². The van der Waals surface area contributed by atoms with Crippen molar-refractivity contribution in [3.8, 4) is 0 Å². The fourth-order valence-electron chi connectivity index (χ4n) is 5.58. The minimum Gasteiger partial charge on any atom is -0.480 e. The number of amides is 5. The quantitative estimate of drug-likeness (QED) is 0.114. The Labute approximate surface area is 293 Å². The first kappa shape index (κ1) is 40.7. The number of benzene rings is 1. The maximum atomic E-state index is 13.6. The molecule has 0 radical (unpaired) electrons. The van der Waals surface area contributed by atoms with Crippen molar-refractivity contribution < 1.29 is 52.2 Å². The second kappa shape index (κ2) is 22.2. The summed E-state index contributed by atoms with van der Waals surface area (Å²) in [6.07, 6.45) is 2.53. The minimum absolute atomic E-state index is 0.148. The molecule has 0 aliphatic carbocycles. The van der Waals surface area contributed by atoms with Crippen molar-refractivity contribution in [1.82, 2.24) is 25.8 Å². The minimum atomic E-state index is -3.18. The third-order valence-electron chi connectivity index (χ3n) is 8.41. The smallest absolute Gasteiger partial charge is 0.407 e. The summed E-state index contributed by atoms with van der Waals surface area (Å²) < 4.78 is 34.0. The van der Waals surface area contributed by atoms with Crippen molar-refractivity contribution in [3.05, 3.63) is 35.9 Å². The highest BCUT2D eigenvalue weighted by molar-refractivity contribution is 7.33. The molecule has 2 saturated heterocycles. The van der Waals surface area contributed by atoms with Gasteiger partial charge in [-0.15, -0.1) is 0 Å². The summed E-state index contributed by atoms with van der Waals surface area (Å²) in [5, 5.41) is 17.8. The van der Waals surface area contributed by atoms with Crippen molar-refractivity contribution in [2.24, 2.45) is 0 Å². The number of hydrogen-bond donors (Lipinski definition) is 4. The van der Waals surface area contributed by atoms with Gasteiger partial charge in [-0.3, -0.25) is 18.7 Å². The molecular weight excluding hydrogens is 673 g/mol. The molecule has 0 bridgehead atoms. The number of nitrogens with one attached hydrogen (secondary N) is 3. The van der Waals surface area contributed by atoms with Gasteiger partial charge in [0, 0.05) is 26.2 Å². The van der Waals surface area contributed by atoms with Crippen molar-refractivity contribution >= 4 is 38.2 Å². The Bertz CT molecular complexity index is 1270. The van der Waals surface area contributed by atoms with Crippen molar-refractivity contribution in [2.75, 3.05) is 46.0 Å². The van der Waals surface area contributed by atoms with Crippen LogP contribution in [0.2, 0.25) is 0 Å². The standard InChI is InChI=1S/C33H52N5O11P/c1-3-4-13-26(23-48-50(45)49-24(2)30(40)38-17-10-15-28(38)31(41)42)35-29(39)27(36-32(43)37-18-20-46-21-19-37)14-8-9-16-34-33(44)47-22-25-11-6-5-7-12-25/h5-7,11-12,24,26-28,50H,3-4,8-10,13-23H2,1-2H3,(H,34,44)(H,35,39)(H,36,43)(H,41,42)/t24-,26?,27-,28-/m0/s1. The SMILES string of the molecule is CCCCC(CO[PH](=O)O[C@@H](C)C(=O)N1CCC[C@H]1C(=O)O)NC(=O)[C@H](CCCCNC(=O)OCc1ccccc1)NC(=O)N1CCOCC1. The number of unbranched alkanes of at least 4 members (excludes halogenated alkanes) is 2. The third kappa shape index (κ3) is 14.3. The molecule has 0 spiro atoms. The molecule has 4 N–H and O–H groups in total. The van der Waals surface area contributed by atoms with Crippen LogP contribution in [0, 0.1) is 0 Å². The maximum Gasteiger partial charge on any atom is 0.407 e. The molecule has 280 valence electrons. The number of likely N-dealkylation sites (tertiary alicyclic amines) is 1. The van der Waals surface area contributed by atoms with E-state index in [4.69, 9.17) is 18.5 Å². The van der Waals surface area contributed by atoms with Gasteiger partial charge in [-0.1, -0.05) is 50.1 Å². The Balaban J connectivity index is 1.51. The number of nitrogens with zero attached hydrogens (tertiary/aromatic N) is 2. The van der Waals surface area contributed by atoms with Gasteiger partial charge in [-0.2, -0.15) is 0 Å². The van der Waals surface area contributed by atoms with Gasteiger partial charge in [-0.25, -0.2) is 14.4 Å². The molecular formula is C33H52N5O11P. The van der Waals surface area contributed by atoms with Crippen LogP contribution in [0.3, 0.4) is 0 Å². The Morgan fingerprint density at radius 1 is 1.02 bits per heavy atom. The number of carboxylic acids is 1. The molecule has 1 aromatic carbocycles. The van der Waals surface area contributed by atoms with Crippen LogP contribution in [0.15, 0.2) is 30.3 Å². The molecule has 2 aliphatic rings. The van der Waals surface area contributed by atoms with E-state index in [2.05, 4.69) is 16.0 Å². The molecule has 0 aromatic heterocycles. The number of ether oxygens (including phenoxy) is 2. The molecule has 5 atom stereocenters. The van der Waals surface area contributed by atoms with E-state index < -0.39 is 62.4 Å². The van der Waals surface area contributed by atoms with Crippen LogP contribution in [-0.4, -0.2) is 115 Å². The van der Waals surface area contributed by atoms with Gasteiger partial charge in [-0.05, 0) is 51.0 Å². The van der Waals surface area contributed by atoms with Crippen LogP contribution in [0.5, 0.6) is 0 Å². The lowest BCUT2D eigenvalue weighted by molar-refractivity contribution is -0.151. The molecule has 50 heavy (non-hydrogen) atoms. The molecule has 2 aliphatic heterocycles. The number of aliphatic carboxylic acids is 1. The van der Waals surface area contributed by atoms with E-state index in [9.17, 15) is 33.6 Å². The molecule has 2 unspecified atom stereocenters. The molecule has 16 nitrogen and oxygen atoms in total. The summed E-state index contributed by atoms with van der Waals surface area (Å²) in [6.45, 7) is 5.55. The predicted octanol–water partition coefficient (Wildman–Crippen LogP) is 3.06. The first-order chi connectivity index (χ1) is 24.1. The van der Waals surface area contributed by atoms with Crippen LogP contribution >= 0.6 is 8.25 Å². The lowest BCUT2D eigenvalue weighted by atomic mass is 10.1. The predicted molar refractivity (Wildman–Crippen MR) is 183 cm³/mol. The van der Waals surface area contributed by atoms with Gasteiger partial charge < -0.3 is 44.9 Å². The first-order valence-corrected chi connectivity index (χ1v) is 18.6. The lowest BCUT2D eigenvalue weighted by Crippen LogP contribution is -2.55. The third-order valence-corrected chi connectivity index (χ3v) is 9.36. The largest absolute Gasteiger partial charge is 0.480 e. The van der Waals surface area contributed by atoms with Crippen LogP contribution in [0.25, 0.3) is 0 Å². The lowest BCUT2D eigenvalue weighted by Gasteiger charge is -2.30. The highest BCUT2D eigenvalue weighted by Crippen LogP contribution is 2.29. The Morgan fingerprint density at radius 3 is 2.46 bits per heavy atom. The molecule has 0 saturated carbocycles. The second-order valence-electron chi connectivity index (χ2n) is 12.3. The van der Waals surface area contributed by atoms with Crippen LogP contribution in [-0.2, 0) is 44.1 Å². The number of carbonyl (C=O) groups is 5. The number of hydrogen-bond acceptors (Lipinski definition) is 10. The highest BCUT2D eigenvalue weighted by Gasteiger charge is 2.37. The zero-order valence-corrected chi connectivity index (χ0v) is 29.9. The van der Waals surface area contributed by atoms with Crippen LogP contribution in [0.4, 0.5) is 9.59 Å². The van der Waals surface area contributed by atoms with Gasteiger partial charge in [0.05, 0.1) is 25.9 Å². The molecule has 2 heterocycles. The summed E-state index contributed by atoms with van der Waals surface area (Å²) >= 11 is 0. The van der Waals surface area contributed by atoms with Gasteiger partial charge in [0.25, 0.3) is 5.91 Å². The molecule has 3 rings (SSSR count). The Morgan fingerprint density at radius 2 is 1.76 bits per heavy atom. The fourth-order valence-corrected chi connectivity index (χ4v) is 6.38. The topological polar surface area (TPSA) is 202 Å². The van der Waals surface area contributed by atoms with E-state index >= 15 is 0 Å². The molecule has 17 heteroatoms. The number of carbonyl (C=O) groups excluding carboxylic acids is 4. The molecule has 5 amide bonds. The molecule has 2 fully saturated rings. The summed E-state index contributed by atoms with van der Waals surface area (Å²) in [5.41, 5.74) is 0.869. The van der Waals surface area contributed by atoms with Crippen molar-refractivity contribution in [3.63, 3.8) is 0 Å². The van der Waals surface area contributed by atoms with Crippen molar-refractivity contribution in [1.29, 1.82) is 0 Å². The Kier molecular flexibility index (Phi) is 18.1. The average molecular weight is 726 g/mol. The van der Waals surface area contributed by atoms with E-state index in [1.54, 1.807) is 4.90 Å². The summed E-state index contributed by atoms with van der Waals surface area (Å²) in [5.74, 6) is -2.12. The van der Waals surface area contributed by atoms with E-state index in [0.29, 0.717) is 65.0 Å². The fraction of sp³-hybridized carbons (Fsp3) is 0.667. The first-order valence-electron chi connectivity index (χ1n) is 17.3. The van der Waals surface area contributed by atoms with Gasteiger partial charge >= 0.3 is 26.3 Å². The van der Waals surface area contributed by atoms with E-state index in [0.717, 1.165) is 18.4 Å². The van der Waals surface area contributed by atoms with E-state index in [1.165, 1.54) is 11.8 Å². The van der Waals surface area contributed by atoms with E-state index in [1.807, 2.05) is 37.3 Å². The van der Waals surface area contributed by atoms with Gasteiger partial charge in [0.15, 0.2) is 0 Å². The second-order valence-corrected chi connectivity index (χ2v) is 13.3. The maximum absolute atomic E-state index is 13.6. The normalized spacial score (nSPS) is 18.4. The number of rotatable bonds is 20. The molecule has 1 aromatic rings. The highest BCUT2D eigenvalue weighted by atomic mass is 31.1. The summed E-state index contributed by atoms with van der Waals surface area (Å²) in [4.78, 5) is 65.7. The number of alkyl carbamates (subject to hydrolysis) is 1. The Hall–Kier alpha value is -3.72. The van der Waals surface area contributed by atoms with Crippen LogP contribution in [0.1, 0.15) is 70.8 Å². The van der Waals surface area contributed by atoms with Crippen molar-refractivity contribution in [2.45, 2.75) is 96.1 Å². The number of urea groups is 1. The summed E-state index contributed by atoms with van der Waals surface area (Å²) in [6, 6.07) is 6.51. The van der Waals surface area contributed by atoms with Crippen LogP contribution < -0.4 is 16.0 Å².